The Morgan fingerprint density at radius 2 is 0.821 bits per heavy atom. The Morgan fingerprint density at radius 3 is 1.19 bits per heavy atom. The number of carboxylic acids is 1. The number of carbonyl (C=O) groups excluding carboxylic acids is 5. The van der Waals surface area contributed by atoms with Crippen LogP contribution < -0.4 is 38.0 Å². The molecule has 790 valence electrons. The van der Waals surface area contributed by atoms with E-state index in [1.807, 2.05) is 157 Å². The highest BCUT2D eigenvalue weighted by molar-refractivity contribution is 6.40. The number of fused-ring (bicyclic) bond motifs is 4. The number of benzene rings is 4. The van der Waals surface area contributed by atoms with Crippen LogP contribution in [-0.4, -0.2) is 216 Å². The largest absolute Gasteiger partial charge is 0.481 e. The summed E-state index contributed by atoms with van der Waals surface area (Å²) in [5.74, 6) is 2.11. The van der Waals surface area contributed by atoms with Crippen molar-refractivity contribution in [2.45, 2.75) is 278 Å². The molecule has 29 nitrogen and oxygen atoms in total. The third-order valence-electron chi connectivity index (χ3n) is 24.9. The molecule has 15 rings (SSSR count). The van der Waals surface area contributed by atoms with Gasteiger partial charge in [0.1, 0.15) is 40.1 Å². The van der Waals surface area contributed by atoms with E-state index in [4.69, 9.17) is 67.9 Å². The summed E-state index contributed by atoms with van der Waals surface area (Å²) in [6.45, 7) is 33.6. The molecule has 5 atom stereocenters. The molecule has 9 N–H and O–H groups in total. The number of aromatic nitrogens is 6. The number of aliphatic hydroxyl groups is 1. The van der Waals surface area contributed by atoms with Gasteiger partial charge in [-0.15, -0.1) is 23.2 Å². The number of aliphatic carboxylic acids is 1. The number of aliphatic hydroxyl groups excluding tert-OH is 1. The predicted molar refractivity (Wildman–Crippen MR) is 567 cm³/mol. The summed E-state index contributed by atoms with van der Waals surface area (Å²) < 4.78 is 63.8. The van der Waals surface area contributed by atoms with Gasteiger partial charge >= 0.3 is 47.8 Å². The number of alkyl halides is 5. The second-order valence-electron chi connectivity index (χ2n) is 40.2. The standard InChI is InChI=1S/C28H38N4O3.C28H36N4O3.C24H30N4O3.C18H26F3NO3.C11H17N3.CH2Cl2.CH4O/c2*1-20-8-5-9-22(18-20)24(19-25(33)35-28(2,3)4)32-17-16-31(27(32)34)15-7-11-23-13-12-21-10-6-14-29-26(21)30-23;1-17-5-2-6-19(15-17)21(16-22(29)30)28-14-13-27(24(28)31)12-4-8-20-10-9-18-7-3-11-25-23(18)26-20;1-12(24-5)11-22-15(10-16(23)25-17(2,3)4)13-7-6-8-14(9-13)18(19,20)21;12-7-1-4-10-6-5-9-3-2-8-13-11(9)14-10;2-1-3;1-2/h5,8-9,12-13,18,24H,6-7,10-11,14-17,19H2,1-4H3,(H,29,30);5,8-9,12-13,16-18,24H,6-7,10-11,14-15,19H2,1-4H3,(H,29,30);2,5-6,9-10,15,21H,3-4,7-8,11-14,16H2,1H3,(H,25,26)(H,29,30);6-9,12,15,22H,10-11H2,1-5H3;5-6H,1-4,7-8,12H2,(H,13,14);1H2;2H,1H3/t2*24-;21-;12?,15-;;;/m0000.../s1. The Balaban J connectivity index is 0.000000204. The molecule has 2 saturated heterocycles. The first kappa shape index (κ1) is 117. The zero-order valence-corrected chi connectivity index (χ0v) is 88.8. The highest BCUT2D eigenvalue weighted by Gasteiger charge is 2.39. The average molecular weight is 2050 g/mol. The molecule has 0 saturated carbocycles. The number of esters is 3. The number of hydrogen-bond acceptors (Lipinski definition) is 22. The van der Waals surface area contributed by atoms with E-state index >= 15 is 0 Å². The molecular formula is C111H153Cl2F3N16O13. The molecule has 4 amide bonds. The minimum Gasteiger partial charge on any atom is -0.481 e. The van der Waals surface area contributed by atoms with Gasteiger partial charge in [-0.3, -0.25) is 28.3 Å². The lowest BCUT2D eigenvalue weighted by molar-refractivity contribution is -0.157. The third kappa shape index (κ3) is 38.6. The van der Waals surface area contributed by atoms with Gasteiger partial charge in [0.15, 0.2) is 0 Å². The van der Waals surface area contributed by atoms with Crippen LogP contribution in [0.1, 0.15) is 260 Å². The molecule has 0 aliphatic carbocycles. The van der Waals surface area contributed by atoms with Crippen molar-refractivity contribution in [3.8, 4) is 0 Å². The second kappa shape index (κ2) is 57.4. The number of anilines is 4. The highest BCUT2D eigenvalue weighted by atomic mass is 35.5. The molecule has 4 aromatic carbocycles. The molecule has 2 fully saturated rings. The fourth-order valence-electron chi connectivity index (χ4n) is 17.9. The molecule has 1 unspecified atom stereocenters. The number of nitrogens with zero attached hydrogens (tertiary/aromatic N) is 10. The summed E-state index contributed by atoms with van der Waals surface area (Å²) in [6, 6.07) is 43.9. The van der Waals surface area contributed by atoms with Crippen LogP contribution in [0.3, 0.4) is 0 Å². The summed E-state index contributed by atoms with van der Waals surface area (Å²) in [6.07, 6.45) is 15.1. The summed E-state index contributed by atoms with van der Waals surface area (Å²) in [5, 5.41) is 33.2. The Hall–Kier alpha value is -11.7. The van der Waals surface area contributed by atoms with Gasteiger partial charge < -0.3 is 81.1 Å². The fraction of sp³-hybridized carbons (Fsp3) is 0.523. The number of ether oxygens (including phenoxy) is 4. The molecule has 6 aliphatic rings. The van der Waals surface area contributed by atoms with Gasteiger partial charge in [0.05, 0.1) is 60.8 Å². The first-order valence-corrected chi connectivity index (χ1v) is 51.8. The second-order valence-corrected chi connectivity index (χ2v) is 41.0. The van der Waals surface area contributed by atoms with E-state index in [0.29, 0.717) is 57.9 Å². The van der Waals surface area contributed by atoms with Gasteiger partial charge in [-0.05, 0) is 280 Å². The van der Waals surface area contributed by atoms with Gasteiger partial charge in [0.25, 0.3) is 0 Å². The minimum absolute atomic E-state index is 0.0138. The quantitative estimate of drug-likeness (QED) is 0.0105. The van der Waals surface area contributed by atoms with Crippen molar-refractivity contribution in [3.05, 3.63) is 258 Å². The predicted octanol–water partition coefficient (Wildman–Crippen LogP) is 19.7. The zero-order valence-electron chi connectivity index (χ0n) is 87.3. The molecule has 0 spiro atoms. The summed E-state index contributed by atoms with van der Waals surface area (Å²) in [4.78, 5) is 115. The van der Waals surface area contributed by atoms with E-state index in [9.17, 15) is 51.8 Å². The van der Waals surface area contributed by atoms with E-state index in [0.717, 1.165) is 228 Å². The van der Waals surface area contributed by atoms with E-state index in [1.165, 1.54) is 34.7 Å². The maximum absolute atomic E-state index is 13.4. The van der Waals surface area contributed by atoms with Crippen LogP contribution in [-0.2, 0) is 102 Å². The smallest absolute Gasteiger partial charge is 0.416 e. The molecule has 6 aliphatic heterocycles. The molecule has 0 radical (unpaired) electrons. The van der Waals surface area contributed by atoms with E-state index < -0.39 is 58.6 Å². The molecule has 9 aromatic rings. The summed E-state index contributed by atoms with van der Waals surface area (Å²) in [5.41, 5.74) is 18.7. The topological polar surface area (TPSA) is 357 Å². The fourth-order valence-corrected chi connectivity index (χ4v) is 17.9. The molecule has 0 bridgehead atoms. The Morgan fingerprint density at radius 1 is 0.469 bits per heavy atom. The average Bonchev–Trinajstić information content (AvgIpc) is 1.67. The number of urea groups is 2. The number of nitrogens with one attached hydrogen (secondary N) is 5. The van der Waals surface area contributed by atoms with Crippen molar-refractivity contribution < 1.29 is 71.1 Å². The van der Waals surface area contributed by atoms with Crippen LogP contribution in [0.2, 0.25) is 0 Å². The lowest BCUT2D eigenvalue weighted by atomic mass is 10.00. The zero-order chi connectivity index (χ0) is 106. The number of pyridine rings is 4. The number of hydrogen-bond donors (Lipinski definition) is 8. The first-order chi connectivity index (χ1) is 69.1. The molecular weight excluding hydrogens is 1890 g/mol. The van der Waals surface area contributed by atoms with Crippen LogP contribution >= 0.6 is 23.2 Å². The van der Waals surface area contributed by atoms with Crippen molar-refractivity contribution in [2.24, 2.45) is 5.73 Å². The summed E-state index contributed by atoms with van der Waals surface area (Å²) >= 11 is 9.53. The van der Waals surface area contributed by atoms with Crippen LogP contribution in [0.25, 0.3) is 0 Å². The van der Waals surface area contributed by atoms with Crippen LogP contribution in [0.4, 0.5) is 46.0 Å². The van der Waals surface area contributed by atoms with E-state index in [2.05, 4.69) is 86.2 Å². The van der Waals surface area contributed by atoms with Crippen molar-refractivity contribution in [1.82, 2.24) is 54.0 Å². The minimum atomic E-state index is -4.44. The number of halogens is 5. The van der Waals surface area contributed by atoms with E-state index in [-0.39, 0.29) is 72.9 Å². The maximum Gasteiger partial charge on any atom is 0.416 e. The Labute approximate surface area is 863 Å². The number of methoxy groups -OCH3 is 1. The first-order valence-electron chi connectivity index (χ1n) is 50.7. The number of rotatable bonds is 34. The number of imidazole rings is 1. The lowest BCUT2D eigenvalue weighted by Gasteiger charge is -2.29. The molecule has 34 heteroatoms. The van der Waals surface area contributed by atoms with Crippen molar-refractivity contribution in [2.75, 3.05) is 119 Å². The van der Waals surface area contributed by atoms with Crippen LogP contribution in [0, 0.1) is 20.8 Å². The van der Waals surface area contributed by atoms with Crippen LogP contribution in [0.5, 0.6) is 0 Å². The normalized spacial score (nSPS) is 15.2. The van der Waals surface area contributed by atoms with Gasteiger partial charge in [-0.25, -0.2) is 34.3 Å². The Bertz CT molecular complexity index is 5710. The Kier molecular flexibility index (Phi) is 46.3. The molecule has 11 heterocycles. The van der Waals surface area contributed by atoms with Crippen molar-refractivity contribution >= 4 is 82.4 Å². The van der Waals surface area contributed by atoms with Crippen molar-refractivity contribution in [1.29, 1.82) is 0 Å². The van der Waals surface area contributed by atoms with Gasteiger partial charge in [0, 0.05) is 134 Å². The van der Waals surface area contributed by atoms with Crippen molar-refractivity contribution in [3.63, 3.8) is 0 Å². The summed E-state index contributed by atoms with van der Waals surface area (Å²) in [7, 11) is 2.54. The van der Waals surface area contributed by atoms with E-state index in [1.54, 1.807) is 54.2 Å². The highest BCUT2D eigenvalue weighted by Crippen LogP contribution is 2.36. The van der Waals surface area contributed by atoms with Gasteiger partial charge in [-0.1, -0.05) is 126 Å². The van der Waals surface area contributed by atoms with Crippen LogP contribution in [0.15, 0.2) is 163 Å². The third-order valence-corrected chi connectivity index (χ3v) is 24.9. The number of amides is 4. The maximum atomic E-state index is 13.4. The molecule has 145 heavy (non-hydrogen) atoms. The number of carbonyl (C=O) groups is 6. The lowest BCUT2D eigenvalue weighted by Crippen LogP contribution is -2.37. The van der Waals surface area contributed by atoms with Gasteiger partial charge in [0.2, 0.25) is 0 Å². The number of nitrogens with two attached hydrogens (primary N) is 1. The number of aryl methyl sites for hydroxylation is 12. The monoisotopic (exact) mass is 2050 g/mol. The SMILES string of the molecule is CO.COC(C)CN[C@@H](CC(=O)OC(C)(C)C)c1cccc(C(F)(F)F)c1.Cc1cccc([C@H](CC(=O)O)N2CCN(CCCc3ccc4c(n3)NCCC4)C2=O)c1.Cc1cccc([C@H](CC(=O)OC(C)(C)C)N2CCN(CCCc3ccc4c(n3)NCCC4)C2=O)c1.Cc1cccc([C@H](CC(=O)OC(C)(C)C)n2ccn(CCCc3ccc4c(n3)NCCC4)c2=O)c1.ClCCl.NCCCc1ccc2c(n1)NCCC2. The van der Waals surface area contributed by atoms with Gasteiger partial charge in [-0.2, -0.15) is 13.2 Å². The molecule has 5 aromatic heterocycles. The number of carboxylic acid groups (broad SMARTS) is 1.